The molecule has 0 radical (unpaired) electrons. The molecule has 5 heteroatoms. The van der Waals surface area contributed by atoms with Gasteiger partial charge in [-0.25, -0.2) is 0 Å². The monoisotopic (exact) mass is 322 g/mol. The third kappa shape index (κ3) is 4.07. The molecule has 23 heavy (non-hydrogen) atoms. The van der Waals surface area contributed by atoms with E-state index in [9.17, 15) is 0 Å². The Bertz CT molecular complexity index is 792. The summed E-state index contributed by atoms with van der Waals surface area (Å²) in [6.07, 6.45) is 1.84. The van der Waals surface area contributed by atoms with Gasteiger partial charge in [-0.1, -0.05) is 71.9 Å². The highest BCUT2D eigenvalue weighted by atomic mass is 32.2. The molecule has 0 spiro atoms. The third-order valence-corrected chi connectivity index (χ3v) is 4.37. The number of rotatable bonds is 5. The highest BCUT2D eigenvalue weighted by Crippen LogP contribution is 2.21. The van der Waals surface area contributed by atoms with Crippen LogP contribution in [0.15, 0.2) is 64.9 Å². The number of aryl methyl sites for hydroxylation is 2. The molecule has 2 aromatic carbocycles. The predicted octanol–water partition coefficient (Wildman–Crippen LogP) is 4.07. The van der Waals surface area contributed by atoms with Crippen LogP contribution in [0.25, 0.3) is 0 Å². The summed E-state index contributed by atoms with van der Waals surface area (Å²) in [6, 6.07) is 18.6. The van der Waals surface area contributed by atoms with Crippen LogP contribution in [0.3, 0.4) is 0 Å². The summed E-state index contributed by atoms with van der Waals surface area (Å²) < 4.78 is 1.79. The zero-order valence-electron chi connectivity index (χ0n) is 13.2. The summed E-state index contributed by atoms with van der Waals surface area (Å²) in [5.74, 6) is 1.63. The molecule has 0 amide bonds. The molecule has 3 rings (SSSR count). The van der Waals surface area contributed by atoms with Gasteiger partial charge in [-0.3, -0.25) is 0 Å². The van der Waals surface area contributed by atoms with Crippen molar-refractivity contribution in [2.24, 2.45) is 5.10 Å². The number of nitrogens with zero attached hydrogens (tertiary/aromatic N) is 4. The molecule has 0 bridgehead atoms. The summed E-state index contributed by atoms with van der Waals surface area (Å²) in [7, 11) is 0. The van der Waals surface area contributed by atoms with Gasteiger partial charge in [-0.15, -0.1) is 10.2 Å². The van der Waals surface area contributed by atoms with Crippen LogP contribution >= 0.6 is 11.8 Å². The minimum atomic E-state index is 0.781. The van der Waals surface area contributed by atoms with Crippen LogP contribution in [0.1, 0.15) is 22.5 Å². The van der Waals surface area contributed by atoms with Gasteiger partial charge < -0.3 is 0 Å². The van der Waals surface area contributed by atoms with Gasteiger partial charge in [0, 0.05) is 5.75 Å². The van der Waals surface area contributed by atoms with Crippen molar-refractivity contribution in [2.75, 3.05) is 0 Å². The van der Waals surface area contributed by atoms with Gasteiger partial charge in [-0.2, -0.15) is 9.78 Å². The molecular formula is C18H18N4S. The number of thioether (sulfide) groups is 1. The van der Waals surface area contributed by atoms with E-state index in [1.165, 1.54) is 11.1 Å². The van der Waals surface area contributed by atoms with Crippen molar-refractivity contribution in [3.05, 3.63) is 77.1 Å². The van der Waals surface area contributed by atoms with Crippen molar-refractivity contribution in [1.29, 1.82) is 0 Å². The maximum Gasteiger partial charge on any atom is 0.212 e. The van der Waals surface area contributed by atoms with E-state index in [0.29, 0.717) is 0 Å². The van der Waals surface area contributed by atoms with Gasteiger partial charge in [0.15, 0.2) is 5.82 Å². The average molecular weight is 322 g/mol. The normalized spacial score (nSPS) is 11.2. The zero-order chi connectivity index (χ0) is 16.1. The second-order valence-electron chi connectivity index (χ2n) is 5.27. The minimum Gasteiger partial charge on any atom is -0.192 e. The highest BCUT2D eigenvalue weighted by Gasteiger charge is 2.08. The Hall–Kier alpha value is -2.40. The SMILES string of the molecule is Cc1ccc(/C=N\n2c(C)nnc2SCc2ccccc2)cc1. The molecule has 1 aromatic heterocycles. The molecule has 1 heterocycles. The van der Waals surface area contributed by atoms with E-state index in [0.717, 1.165) is 22.3 Å². The Labute approximate surface area is 140 Å². The maximum absolute atomic E-state index is 4.52. The van der Waals surface area contributed by atoms with Crippen LogP contribution in [-0.4, -0.2) is 21.1 Å². The van der Waals surface area contributed by atoms with E-state index in [1.807, 2.05) is 31.3 Å². The lowest BCUT2D eigenvalue weighted by Crippen LogP contribution is -1.96. The Morgan fingerprint density at radius 3 is 2.48 bits per heavy atom. The third-order valence-electron chi connectivity index (χ3n) is 3.38. The minimum absolute atomic E-state index is 0.781. The molecule has 4 nitrogen and oxygen atoms in total. The first kappa shape index (κ1) is 15.5. The van der Waals surface area contributed by atoms with Gasteiger partial charge in [-0.05, 0) is 25.0 Å². The lowest BCUT2D eigenvalue weighted by atomic mass is 10.2. The molecule has 116 valence electrons. The standard InChI is InChI=1S/C18H18N4S/c1-14-8-10-16(11-9-14)12-19-22-15(2)20-21-18(22)23-13-17-6-4-3-5-7-17/h3-12H,13H2,1-2H3/b19-12-. The van der Waals surface area contributed by atoms with Crippen molar-refractivity contribution in [1.82, 2.24) is 14.9 Å². The Morgan fingerprint density at radius 1 is 1.00 bits per heavy atom. The zero-order valence-corrected chi connectivity index (χ0v) is 14.0. The molecule has 0 unspecified atom stereocenters. The smallest absolute Gasteiger partial charge is 0.192 e. The van der Waals surface area contributed by atoms with E-state index in [1.54, 1.807) is 16.4 Å². The molecule has 0 aliphatic carbocycles. The van der Waals surface area contributed by atoms with E-state index < -0.39 is 0 Å². The van der Waals surface area contributed by atoms with Crippen molar-refractivity contribution < 1.29 is 0 Å². The average Bonchev–Trinajstić information content (AvgIpc) is 2.93. The fraction of sp³-hybridized carbons (Fsp3) is 0.167. The molecule has 0 aliphatic rings. The number of benzene rings is 2. The molecule has 3 aromatic rings. The van der Waals surface area contributed by atoms with Crippen LogP contribution in [0.4, 0.5) is 0 Å². The summed E-state index contributed by atoms with van der Waals surface area (Å²) in [4.78, 5) is 0. The van der Waals surface area contributed by atoms with Gasteiger partial charge in [0.05, 0.1) is 6.21 Å². The quantitative estimate of drug-likeness (QED) is 0.525. The molecule has 0 atom stereocenters. The second kappa shape index (κ2) is 7.24. The molecule has 0 N–H and O–H groups in total. The fourth-order valence-corrected chi connectivity index (χ4v) is 2.95. The van der Waals surface area contributed by atoms with Crippen molar-refractivity contribution >= 4 is 18.0 Å². The van der Waals surface area contributed by atoms with Crippen LogP contribution in [0.5, 0.6) is 0 Å². The molecule has 0 saturated heterocycles. The van der Waals surface area contributed by atoms with Gasteiger partial charge in [0.1, 0.15) is 0 Å². The Kier molecular flexibility index (Phi) is 4.88. The van der Waals surface area contributed by atoms with Gasteiger partial charge in [0.2, 0.25) is 5.16 Å². The van der Waals surface area contributed by atoms with Gasteiger partial charge >= 0.3 is 0 Å². The molecule has 0 fully saturated rings. The van der Waals surface area contributed by atoms with E-state index in [2.05, 4.69) is 58.6 Å². The van der Waals surface area contributed by atoms with Crippen molar-refractivity contribution in [3.63, 3.8) is 0 Å². The topological polar surface area (TPSA) is 43.1 Å². The van der Waals surface area contributed by atoms with Crippen molar-refractivity contribution in [3.8, 4) is 0 Å². The lowest BCUT2D eigenvalue weighted by molar-refractivity contribution is 0.744. The summed E-state index contributed by atoms with van der Waals surface area (Å²) in [6.45, 7) is 3.98. The molecule has 0 saturated carbocycles. The number of aromatic nitrogens is 3. The van der Waals surface area contributed by atoms with Crippen LogP contribution < -0.4 is 0 Å². The van der Waals surface area contributed by atoms with E-state index in [4.69, 9.17) is 0 Å². The van der Waals surface area contributed by atoms with Gasteiger partial charge in [0.25, 0.3) is 0 Å². The van der Waals surface area contributed by atoms with E-state index in [-0.39, 0.29) is 0 Å². The van der Waals surface area contributed by atoms with Crippen LogP contribution in [0, 0.1) is 13.8 Å². The van der Waals surface area contributed by atoms with Crippen LogP contribution in [0.2, 0.25) is 0 Å². The lowest BCUT2D eigenvalue weighted by Gasteiger charge is -2.02. The maximum atomic E-state index is 4.52. The Morgan fingerprint density at radius 2 is 1.74 bits per heavy atom. The summed E-state index contributed by atoms with van der Waals surface area (Å²) in [5, 5.41) is 13.7. The summed E-state index contributed by atoms with van der Waals surface area (Å²) in [5.41, 5.74) is 3.55. The first-order chi connectivity index (χ1) is 11.2. The van der Waals surface area contributed by atoms with E-state index >= 15 is 0 Å². The first-order valence-corrected chi connectivity index (χ1v) is 8.41. The number of hydrogen-bond acceptors (Lipinski definition) is 4. The predicted molar refractivity (Wildman–Crippen MR) is 94.9 cm³/mol. The number of hydrogen-bond donors (Lipinski definition) is 0. The first-order valence-electron chi connectivity index (χ1n) is 7.42. The van der Waals surface area contributed by atoms with Crippen LogP contribution in [-0.2, 0) is 5.75 Å². The second-order valence-corrected chi connectivity index (χ2v) is 6.21. The van der Waals surface area contributed by atoms with Crippen molar-refractivity contribution in [2.45, 2.75) is 24.8 Å². The summed E-state index contributed by atoms with van der Waals surface area (Å²) >= 11 is 1.63. The molecule has 0 aliphatic heterocycles. The largest absolute Gasteiger partial charge is 0.212 e. The highest BCUT2D eigenvalue weighted by molar-refractivity contribution is 7.98. The fourth-order valence-electron chi connectivity index (χ4n) is 2.06. The Balaban J connectivity index is 1.74. The molecular weight excluding hydrogens is 304 g/mol.